The summed E-state index contributed by atoms with van der Waals surface area (Å²) in [5.74, 6) is 0.137. The fourth-order valence-corrected chi connectivity index (χ4v) is 1.78. The molecule has 1 N–H and O–H groups in total. The summed E-state index contributed by atoms with van der Waals surface area (Å²) in [5, 5.41) is 0. The van der Waals surface area contributed by atoms with Gasteiger partial charge in [-0.15, -0.1) is 0 Å². The van der Waals surface area contributed by atoms with E-state index < -0.39 is 5.76 Å². The van der Waals surface area contributed by atoms with E-state index in [0.29, 0.717) is 17.1 Å². The van der Waals surface area contributed by atoms with Gasteiger partial charge in [-0.2, -0.15) is 0 Å². The van der Waals surface area contributed by atoms with Crippen molar-refractivity contribution >= 4 is 11.2 Å². The van der Waals surface area contributed by atoms with Gasteiger partial charge in [0.2, 0.25) is 5.71 Å². The highest BCUT2D eigenvalue weighted by Gasteiger charge is 2.21. The monoisotopic (exact) mass is 190 g/mol. The van der Waals surface area contributed by atoms with Crippen LogP contribution >= 0.6 is 0 Å². The molecule has 14 heavy (non-hydrogen) atoms. The molecule has 4 heteroatoms. The molecule has 0 unspecified atom stereocenters. The van der Waals surface area contributed by atoms with E-state index in [1.165, 1.54) is 19.3 Å². The smallest absolute Gasteiger partial charge is 0.389 e. The van der Waals surface area contributed by atoms with E-state index in [1.54, 1.807) is 0 Å². The lowest BCUT2D eigenvalue weighted by molar-refractivity contribution is 0.410. The van der Waals surface area contributed by atoms with Gasteiger partial charge < -0.3 is 4.42 Å². The number of H-pyrrole nitrogens is 1. The average molecular weight is 190 g/mol. The Kier molecular flexibility index (Phi) is 1.50. The zero-order valence-electron chi connectivity index (χ0n) is 7.62. The SMILES string of the molecule is O=c1[nH]c2ccc(C3CCC3)nc2o1. The van der Waals surface area contributed by atoms with E-state index in [0.717, 1.165) is 5.69 Å². The predicted octanol–water partition coefficient (Wildman–Crippen LogP) is 1.78. The Hall–Kier alpha value is -1.58. The molecule has 0 aromatic carbocycles. The molecular weight excluding hydrogens is 180 g/mol. The summed E-state index contributed by atoms with van der Waals surface area (Å²) in [4.78, 5) is 17.8. The van der Waals surface area contributed by atoms with Crippen LogP contribution in [0.4, 0.5) is 0 Å². The first kappa shape index (κ1) is 7.79. The molecule has 1 aliphatic carbocycles. The Morgan fingerprint density at radius 2 is 2.29 bits per heavy atom. The molecule has 2 aromatic heterocycles. The molecule has 0 amide bonds. The topological polar surface area (TPSA) is 58.9 Å². The van der Waals surface area contributed by atoms with Gasteiger partial charge in [-0.3, -0.25) is 4.98 Å². The number of oxazole rings is 1. The predicted molar refractivity (Wildman–Crippen MR) is 51.2 cm³/mol. The number of hydrogen-bond donors (Lipinski definition) is 1. The van der Waals surface area contributed by atoms with Gasteiger partial charge >= 0.3 is 5.76 Å². The minimum absolute atomic E-state index is 0.430. The maximum absolute atomic E-state index is 10.9. The lowest BCUT2D eigenvalue weighted by atomic mass is 9.83. The number of hydrogen-bond acceptors (Lipinski definition) is 3. The van der Waals surface area contributed by atoms with Crippen molar-refractivity contribution in [3.8, 4) is 0 Å². The quantitative estimate of drug-likeness (QED) is 0.745. The van der Waals surface area contributed by atoms with Crippen molar-refractivity contribution in [2.75, 3.05) is 0 Å². The van der Waals surface area contributed by atoms with E-state index in [4.69, 9.17) is 4.42 Å². The molecule has 0 bridgehead atoms. The number of aromatic amines is 1. The zero-order chi connectivity index (χ0) is 9.54. The third kappa shape index (κ3) is 1.07. The molecule has 3 rings (SSSR count). The van der Waals surface area contributed by atoms with Crippen molar-refractivity contribution in [2.24, 2.45) is 0 Å². The molecule has 0 aliphatic heterocycles. The van der Waals surface area contributed by atoms with Crippen LogP contribution < -0.4 is 5.76 Å². The number of rotatable bonds is 1. The second-order valence-electron chi connectivity index (χ2n) is 3.73. The van der Waals surface area contributed by atoms with Gasteiger partial charge in [0.05, 0.1) is 0 Å². The van der Waals surface area contributed by atoms with Gasteiger partial charge in [-0.1, -0.05) is 6.42 Å². The number of nitrogens with zero attached hydrogens (tertiary/aromatic N) is 1. The average Bonchev–Trinajstić information content (AvgIpc) is 2.40. The van der Waals surface area contributed by atoms with Crippen LogP contribution in [0.15, 0.2) is 21.3 Å². The number of aromatic nitrogens is 2. The first-order valence-electron chi connectivity index (χ1n) is 4.83. The molecule has 0 spiro atoms. The van der Waals surface area contributed by atoms with Gasteiger partial charge in [0.1, 0.15) is 5.52 Å². The second-order valence-corrected chi connectivity index (χ2v) is 3.73. The van der Waals surface area contributed by atoms with Crippen LogP contribution in [0.5, 0.6) is 0 Å². The Bertz CT molecular complexity index is 522. The van der Waals surface area contributed by atoms with Gasteiger partial charge in [-0.05, 0) is 25.0 Å². The minimum Gasteiger partial charge on any atom is -0.389 e. The standard InChI is InChI=1S/C10H10N2O2/c13-10-12-8-5-4-7(6-2-1-3-6)11-9(8)14-10/h4-6H,1-3H2,(H,12,13). The van der Waals surface area contributed by atoms with Crippen LogP contribution in [0.3, 0.4) is 0 Å². The van der Waals surface area contributed by atoms with Gasteiger partial charge in [0, 0.05) is 11.6 Å². The zero-order valence-corrected chi connectivity index (χ0v) is 7.62. The van der Waals surface area contributed by atoms with Crippen LogP contribution in [0, 0.1) is 0 Å². The van der Waals surface area contributed by atoms with Gasteiger partial charge in [0.25, 0.3) is 0 Å². The maximum atomic E-state index is 10.9. The third-order valence-corrected chi connectivity index (χ3v) is 2.83. The molecule has 1 aliphatic rings. The van der Waals surface area contributed by atoms with Gasteiger partial charge in [-0.25, -0.2) is 9.78 Å². The molecule has 1 fully saturated rings. The first-order chi connectivity index (χ1) is 6.83. The van der Waals surface area contributed by atoms with Crippen molar-refractivity contribution in [3.63, 3.8) is 0 Å². The molecule has 72 valence electrons. The summed E-state index contributed by atoms with van der Waals surface area (Å²) in [7, 11) is 0. The lowest BCUT2D eigenvalue weighted by Gasteiger charge is -2.24. The van der Waals surface area contributed by atoms with E-state index in [-0.39, 0.29) is 0 Å². The third-order valence-electron chi connectivity index (χ3n) is 2.83. The van der Waals surface area contributed by atoms with Crippen LogP contribution in [-0.2, 0) is 0 Å². The highest BCUT2D eigenvalue weighted by molar-refractivity contribution is 5.67. The maximum Gasteiger partial charge on any atom is 0.418 e. The highest BCUT2D eigenvalue weighted by atomic mass is 16.4. The van der Waals surface area contributed by atoms with E-state index in [2.05, 4.69) is 9.97 Å². The fourth-order valence-electron chi connectivity index (χ4n) is 1.78. The molecule has 4 nitrogen and oxygen atoms in total. The van der Waals surface area contributed by atoms with Crippen LogP contribution in [-0.4, -0.2) is 9.97 Å². The molecule has 0 saturated heterocycles. The Morgan fingerprint density at radius 1 is 1.43 bits per heavy atom. The van der Waals surface area contributed by atoms with Crippen molar-refractivity contribution < 1.29 is 4.42 Å². The largest absolute Gasteiger partial charge is 0.418 e. The fraction of sp³-hybridized carbons (Fsp3) is 0.400. The normalized spacial score (nSPS) is 17.1. The van der Waals surface area contributed by atoms with Crippen LogP contribution in [0.25, 0.3) is 11.2 Å². The Morgan fingerprint density at radius 3 is 3.00 bits per heavy atom. The van der Waals surface area contributed by atoms with Crippen molar-refractivity contribution in [1.82, 2.24) is 9.97 Å². The minimum atomic E-state index is -0.432. The summed E-state index contributed by atoms with van der Waals surface area (Å²) in [6.45, 7) is 0. The molecule has 0 atom stereocenters. The molecule has 0 radical (unpaired) electrons. The first-order valence-corrected chi connectivity index (χ1v) is 4.83. The summed E-state index contributed by atoms with van der Waals surface area (Å²) >= 11 is 0. The Balaban J connectivity index is 2.13. The summed E-state index contributed by atoms with van der Waals surface area (Å²) < 4.78 is 4.91. The number of pyridine rings is 1. The summed E-state index contributed by atoms with van der Waals surface area (Å²) in [5.41, 5.74) is 2.16. The number of nitrogens with one attached hydrogen (secondary N) is 1. The van der Waals surface area contributed by atoms with E-state index in [1.807, 2.05) is 12.1 Å². The molecule has 1 saturated carbocycles. The van der Waals surface area contributed by atoms with Crippen LogP contribution in [0.2, 0.25) is 0 Å². The summed E-state index contributed by atoms with van der Waals surface area (Å²) in [6.07, 6.45) is 3.68. The lowest BCUT2D eigenvalue weighted by Crippen LogP contribution is -2.10. The molecule has 2 aromatic rings. The molecular formula is C10H10N2O2. The molecule has 2 heterocycles. The van der Waals surface area contributed by atoms with E-state index >= 15 is 0 Å². The number of fused-ring (bicyclic) bond motifs is 1. The van der Waals surface area contributed by atoms with Gasteiger partial charge in [0.15, 0.2) is 0 Å². The van der Waals surface area contributed by atoms with Crippen molar-refractivity contribution in [2.45, 2.75) is 25.2 Å². The van der Waals surface area contributed by atoms with Crippen molar-refractivity contribution in [3.05, 3.63) is 28.4 Å². The highest BCUT2D eigenvalue weighted by Crippen LogP contribution is 2.35. The van der Waals surface area contributed by atoms with E-state index in [9.17, 15) is 4.79 Å². The van der Waals surface area contributed by atoms with Crippen LogP contribution in [0.1, 0.15) is 30.9 Å². The Labute approximate surface area is 80.0 Å². The van der Waals surface area contributed by atoms with Crippen molar-refractivity contribution in [1.29, 1.82) is 0 Å². The second kappa shape index (κ2) is 2.70. The summed E-state index contributed by atoms with van der Waals surface area (Å²) in [6, 6.07) is 3.83.